The van der Waals surface area contributed by atoms with E-state index >= 15 is 0 Å². The second-order valence-electron chi connectivity index (χ2n) is 12.3. The molecule has 2 rings (SSSR count). The van der Waals surface area contributed by atoms with Crippen LogP contribution in [0.15, 0.2) is 60.7 Å². The molecule has 13 heteroatoms. The van der Waals surface area contributed by atoms with Crippen molar-refractivity contribution in [3.8, 4) is 0 Å². The molecule has 0 saturated carbocycles. The van der Waals surface area contributed by atoms with Gasteiger partial charge < -0.3 is 38.1 Å². The molecule has 0 heterocycles. The Morgan fingerprint density at radius 1 is 0.596 bits per heavy atom. The largest absolute Gasteiger partial charge is 0.368 e. The summed E-state index contributed by atoms with van der Waals surface area (Å²) in [6.07, 6.45) is 0.504. The standard InChI is InChI=1S/C34H49N7O6/c1-20(2)16-25(30(36)43)38-34(47)29(21(3)4)41-33(46)27(18-24-14-10-7-11-15-24)40-32(45)26(17-23-12-8-6-9-13-23)39-31(44)22(5)37-28(42)19-35/h6-15,20-22,25-27,29H,16-19,35H2,1-5H3,(H2,36,43)(H,37,42)(H,38,47)(H,39,44)(H,40,45)(H,41,46)/t22-,25-,26-,27-,29-/m1/s1. The van der Waals surface area contributed by atoms with Crippen molar-refractivity contribution in [1.29, 1.82) is 0 Å². The lowest BCUT2D eigenvalue weighted by Crippen LogP contribution is -2.60. The minimum atomic E-state index is -1.15. The average Bonchev–Trinajstić information content (AvgIpc) is 3.02. The predicted octanol–water partition coefficient (Wildman–Crippen LogP) is 0.0618. The number of benzene rings is 2. The molecule has 0 saturated heterocycles. The molecule has 47 heavy (non-hydrogen) atoms. The highest BCUT2D eigenvalue weighted by atomic mass is 16.2. The fourth-order valence-corrected chi connectivity index (χ4v) is 4.82. The van der Waals surface area contributed by atoms with Gasteiger partial charge in [-0.2, -0.15) is 0 Å². The molecule has 0 aliphatic carbocycles. The molecule has 2 aromatic carbocycles. The van der Waals surface area contributed by atoms with Gasteiger partial charge in [0.2, 0.25) is 35.4 Å². The SMILES string of the molecule is CC(C)C[C@@H](NC(=O)[C@H](NC(=O)[C@@H](Cc1ccccc1)NC(=O)[C@@H](Cc1ccccc1)NC(=O)[C@@H](C)NC(=O)CN)C(C)C)C(N)=O. The van der Waals surface area contributed by atoms with Gasteiger partial charge in [0.1, 0.15) is 30.2 Å². The number of hydrogen-bond acceptors (Lipinski definition) is 7. The summed E-state index contributed by atoms with van der Waals surface area (Å²) < 4.78 is 0. The number of nitrogens with two attached hydrogens (primary N) is 2. The molecule has 256 valence electrons. The van der Waals surface area contributed by atoms with E-state index in [2.05, 4.69) is 26.6 Å². The lowest BCUT2D eigenvalue weighted by molar-refractivity contribution is -0.135. The Bertz CT molecular complexity index is 1350. The van der Waals surface area contributed by atoms with Crippen molar-refractivity contribution in [3.63, 3.8) is 0 Å². The predicted molar refractivity (Wildman–Crippen MR) is 178 cm³/mol. The van der Waals surface area contributed by atoms with Crippen LogP contribution in [0.5, 0.6) is 0 Å². The highest BCUT2D eigenvalue weighted by Gasteiger charge is 2.33. The van der Waals surface area contributed by atoms with Gasteiger partial charge in [-0.1, -0.05) is 88.4 Å². The van der Waals surface area contributed by atoms with Gasteiger partial charge >= 0.3 is 0 Å². The van der Waals surface area contributed by atoms with Crippen LogP contribution in [0.4, 0.5) is 0 Å². The summed E-state index contributed by atoms with van der Waals surface area (Å²) in [5, 5.41) is 13.3. The van der Waals surface area contributed by atoms with E-state index in [9.17, 15) is 28.8 Å². The summed E-state index contributed by atoms with van der Waals surface area (Å²) in [7, 11) is 0. The molecule has 0 unspecified atom stereocenters. The number of hydrogen-bond donors (Lipinski definition) is 7. The molecule has 9 N–H and O–H groups in total. The summed E-state index contributed by atoms with van der Waals surface area (Å²) in [6.45, 7) is 8.43. The maximum atomic E-state index is 13.8. The normalized spacial score (nSPS) is 14.2. The first-order valence-electron chi connectivity index (χ1n) is 15.8. The summed E-state index contributed by atoms with van der Waals surface area (Å²) >= 11 is 0. The molecule has 0 aliphatic heterocycles. The summed E-state index contributed by atoms with van der Waals surface area (Å²) in [5.74, 6) is -4.00. The maximum Gasteiger partial charge on any atom is 0.243 e. The smallest absolute Gasteiger partial charge is 0.243 e. The lowest BCUT2D eigenvalue weighted by Gasteiger charge is -2.28. The van der Waals surface area contributed by atoms with Gasteiger partial charge in [-0.15, -0.1) is 0 Å². The van der Waals surface area contributed by atoms with Crippen LogP contribution >= 0.6 is 0 Å². The highest BCUT2D eigenvalue weighted by molar-refractivity contribution is 5.96. The number of nitrogens with one attached hydrogen (secondary N) is 5. The van der Waals surface area contributed by atoms with Crippen molar-refractivity contribution in [2.24, 2.45) is 23.3 Å². The zero-order valence-electron chi connectivity index (χ0n) is 27.7. The number of carbonyl (C=O) groups is 6. The van der Waals surface area contributed by atoms with Crippen molar-refractivity contribution in [2.45, 2.75) is 84.1 Å². The molecule has 13 nitrogen and oxygen atoms in total. The van der Waals surface area contributed by atoms with Crippen LogP contribution in [0.2, 0.25) is 0 Å². The quantitative estimate of drug-likeness (QED) is 0.118. The van der Waals surface area contributed by atoms with E-state index in [1.165, 1.54) is 6.92 Å². The van der Waals surface area contributed by atoms with Crippen molar-refractivity contribution < 1.29 is 28.8 Å². The summed E-state index contributed by atoms with van der Waals surface area (Å²) in [6, 6.07) is 12.8. The van der Waals surface area contributed by atoms with Crippen LogP contribution in [0.3, 0.4) is 0 Å². The Balaban J connectivity index is 2.35. The Kier molecular flexibility index (Phi) is 15.5. The van der Waals surface area contributed by atoms with E-state index in [-0.39, 0.29) is 31.2 Å². The fraction of sp³-hybridized carbons (Fsp3) is 0.471. The zero-order valence-corrected chi connectivity index (χ0v) is 27.7. The van der Waals surface area contributed by atoms with Crippen LogP contribution < -0.4 is 38.1 Å². The summed E-state index contributed by atoms with van der Waals surface area (Å²) in [5.41, 5.74) is 12.4. The molecule has 0 spiro atoms. The van der Waals surface area contributed by atoms with Crippen molar-refractivity contribution in [1.82, 2.24) is 26.6 Å². The van der Waals surface area contributed by atoms with Gasteiger partial charge in [0.25, 0.3) is 0 Å². The molecular weight excluding hydrogens is 602 g/mol. The molecule has 2 aromatic rings. The second kappa shape index (κ2) is 19.0. The van der Waals surface area contributed by atoms with Crippen molar-refractivity contribution in [2.75, 3.05) is 6.54 Å². The molecule has 0 radical (unpaired) electrons. The van der Waals surface area contributed by atoms with E-state index < -0.39 is 65.7 Å². The fourth-order valence-electron chi connectivity index (χ4n) is 4.82. The molecule has 0 bridgehead atoms. The Morgan fingerprint density at radius 3 is 1.47 bits per heavy atom. The minimum absolute atomic E-state index is 0.0783. The van der Waals surface area contributed by atoms with E-state index in [0.717, 1.165) is 11.1 Å². The third-order valence-electron chi connectivity index (χ3n) is 7.40. The van der Waals surface area contributed by atoms with Gasteiger partial charge in [-0.3, -0.25) is 28.8 Å². The summed E-state index contributed by atoms with van der Waals surface area (Å²) in [4.78, 5) is 77.7. The number of rotatable bonds is 18. The van der Waals surface area contributed by atoms with Gasteiger partial charge in [-0.05, 0) is 36.3 Å². The Hall–Kier alpha value is -4.78. The van der Waals surface area contributed by atoms with Gasteiger partial charge in [0.15, 0.2) is 0 Å². The van der Waals surface area contributed by atoms with E-state index in [1.54, 1.807) is 62.4 Å². The van der Waals surface area contributed by atoms with E-state index in [1.807, 2.05) is 26.0 Å². The Morgan fingerprint density at radius 2 is 1.04 bits per heavy atom. The van der Waals surface area contributed by atoms with Crippen molar-refractivity contribution >= 4 is 35.4 Å². The molecule has 0 aromatic heterocycles. The number of carbonyl (C=O) groups excluding carboxylic acids is 6. The third-order valence-corrected chi connectivity index (χ3v) is 7.40. The molecule has 0 fully saturated rings. The van der Waals surface area contributed by atoms with Crippen LogP contribution in [0.1, 0.15) is 52.2 Å². The third kappa shape index (κ3) is 13.2. The van der Waals surface area contributed by atoms with Gasteiger partial charge in [-0.25, -0.2) is 0 Å². The first-order valence-corrected chi connectivity index (χ1v) is 15.8. The lowest BCUT2D eigenvalue weighted by atomic mass is 9.98. The second-order valence-corrected chi connectivity index (χ2v) is 12.3. The van der Waals surface area contributed by atoms with E-state index in [0.29, 0.717) is 6.42 Å². The van der Waals surface area contributed by atoms with Crippen molar-refractivity contribution in [3.05, 3.63) is 71.8 Å². The number of primary amides is 1. The van der Waals surface area contributed by atoms with Gasteiger partial charge in [0.05, 0.1) is 6.54 Å². The van der Waals surface area contributed by atoms with Crippen LogP contribution in [-0.2, 0) is 41.6 Å². The molecule has 6 amide bonds. The zero-order chi connectivity index (χ0) is 35.1. The molecular formula is C34H49N7O6. The topological polar surface area (TPSA) is 215 Å². The average molecular weight is 652 g/mol. The Labute approximate surface area is 276 Å². The first-order chi connectivity index (χ1) is 22.2. The first kappa shape index (κ1) is 38.4. The van der Waals surface area contributed by atoms with Crippen LogP contribution in [0, 0.1) is 11.8 Å². The minimum Gasteiger partial charge on any atom is -0.368 e. The molecule has 0 aliphatic rings. The maximum absolute atomic E-state index is 13.8. The highest BCUT2D eigenvalue weighted by Crippen LogP contribution is 2.11. The van der Waals surface area contributed by atoms with Crippen LogP contribution in [0.25, 0.3) is 0 Å². The monoisotopic (exact) mass is 651 g/mol. The molecule has 5 atom stereocenters. The number of amides is 6. The van der Waals surface area contributed by atoms with E-state index in [4.69, 9.17) is 11.5 Å². The van der Waals surface area contributed by atoms with Crippen LogP contribution in [-0.4, -0.2) is 72.2 Å². The van der Waals surface area contributed by atoms with Gasteiger partial charge in [0, 0.05) is 12.8 Å².